The van der Waals surface area contributed by atoms with E-state index in [1.807, 2.05) is 24.9 Å². The van der Waals surface area contributed by atoms with E-state index >= 15 is 0 Å². The van der Waals surface area contributed by atoms with Crippen molar-refractivity contribution in [3.05, 3.63) is 29.3 Å². The first-order chi connectivity index (χ1) is 7.22. The van der Waals surface area contributed by atoms with Crippen molar-refractivity contribution in [2.45, 2.75) is 13.0 Å². The van der Waals surface area contributed by atoms with E-state index in [0.29, 0.717) is 6.04 Å². The number of thioether (sulfide) groups is 1. The van der Waals surface area contributed by atoms with Gasteiger partial charge in [0, 0.05) is 11.8 Å². The van der Waals surface area contributed by atoms with Crippen molar-refractivity contribution in [1.82, 2.24) is 5.32 Å². The molecule has 0 aliphatic heterocycles. The summed E-state index contributed by atoms with van der Waals surface area (Å²) >= 11 is 1.85. The minimum atomic E-state index is 0.421. The van der Waals surface area contributed by atoms with Gasteiger partial charge in [-0.2, -0.15) is 11.8 Å². The molecular formula is C12H19NOS. The molecule has 1 atom stereocenters. The maximum absolute atomic E-state index is 5.25. The molecule has 0 spiro atoms. The number of hydrogen-bond acceptors (Lipinski definition) is 3. The molecule has 0 aliphatic carbocycles. The summed E-state index contributed by atoms with van der Waals surface area (Å²) in [7, 11) is 3.71. The Balaban J connectivity index is 2.89. The molecule has 0 heterocycles. The first-order valence-corrected chi connectivity index (χ1v) is 6.43. The van der Waals surface area contributed by atoms with Crippen LogP contribution >= 0.6 is 11.8 Å². The Morgan fingerprint density at radius 1 is 1.47 bits per heavy atom. The van der Waals surface area contributed by atoms with Crippen LogP contribution in [0.1, 0.15) is 17.2 Å². The zero-order chi connectivity index (χ0) is 11.3. The third-order valence-corrected chi connectivity index (χ3v) is 3.17. The molecule has 3 heteroatoms. The standard InChI is InChI=1S/C12H19NOS/c1-9-7-10(5-6-12(9)14-3)11(13-2)8-15-4/h5-7,11,13H,8H2,1-4H3. The maximum atomic E-state index is 5.25. The molecule has 1 rings (SSSR count). The van der Waals surface area contributed by atoms with E-state index in [1.54, 1.807) is 7.11 Å². The zero-order valence-electron chi connectivity index (χ0n) is 9.83. The van der Waals surface area contributed by atoms with Crippen molar-refractivity contribution in [2.24, 2.45) is 0 Å². The summed E-state index contributed by atoms with van der Waals surface area (Å²) in [5.41, 5.74) is 2.52. The second kappa shape index (κ2) is 6.03. The summed E-state index contributed by atoms with van der Waals surface area (Å²) in [6, 6.07) is 6.78. The predicted molar refractivity (Wildman–Crippen MR) is 67.9 cm³/mol. The van der Waals surface area contributed by atoms with Crippen molar-refractivity contribution in [1.29, 1.82) is 0 Å². The third kappa shape index (κ3) is 3.14. The Morgan fingerprint density at radius 3 is 2.67 bits per heavy atom. The second-order valence-electron chi connectivity index (χ2n) is 3.53. The quantitative estimate of drug-likeness (QED) is 0.832. The lowest BCUT2D eigenvalue weighted by Crippen LogP contribution is -2.18. The van der Waals surface area contributed by atoms with Gasteiger partial charge in [0.05, 0.1) is 7.11 Å². The molecule has 0 fully saturated rings. The molecule has 15 heavy (non-hydrogen) atoms. The van der Waals surface area contributed by atoms with Crippen LogP contribution in [0.15, 0.2) is 18.2 Å². The lowest BCUT2D eigenvalue weighted by atomic mass is 10.1. The van der Waals surface area contributed by atoms with Crippen molar-refractivity contribution < 1.29 is 4.74 Å². The predicted octanol–water partition coefficient (Wildman–Crippen LogP) is 2.63. The van der Waals surface area contributed by atoms with E-state index in [2.05, 4.69) is 30.6 Å². The van der Waals surface area contributed by atoms with E-state index < -0.39 is 0 Å². The second-order valence-corrected chi connectivity index (χ2v) is 4.44. The molecule has 0 saturated heterocycles. The molecule has 0 amide bonds. The van der Waals surface area contributed by atoms with E-state index in [9.17, 15) is 0 Å². The fraction of sp³-hybridized carbons (Fsp3) is 0.500. The highest BCUT2D eigenvalue weighted by Gasteiger charge is 2.09. The molecule has 0 aromatic heterocycles. The van der Waals surface area contributed by atoms with Crippen molar-refractivity contribution >= 4 is 11.8 Å². The molecule has 1 unspecified atom stereocenters. The highest BCUT2D eigenvalue weighted by Crippen LogP contribution is 2.23. The highest BCUT2D eigenvalue weighted by atomic mass is 32.2. The van der Waals surface area contributed by atoms with Gasteiger partial charge in [-0.05, 0) is 37.4 Å². The van der Waals surface area contributed by atoms with E-state index in [1.165, 1.54) is 11.1 Å². The monoisotopic (exact) mass is 225 g/mol. The summed E-state index contributed by atoms with van der Waals surface area (Å²) in [4.78, 5) is 0. The van der Waals surface area contributed by atoms with Gasteiger partial charge in [0.25, 0.3) is 0 Å². The van der Waals surface area contributed by atoms with Crippen LogP contribution in [0, 0.1) is 6.92 Å². The Labute approximate surface area is 96.4 Å². The summed E-state index contributed by atoms with van der Waals surface area (Å²) < 4.78 is 5.25. The van der Waals surface area contributed by atoms with Gasteiger partial charge in [-0.15, -0.1) is 0 Å². The number of methoxy groups -OCH3 is 1. The lowest BCUT2D eigenvalue weighted by Gasteiger charge is -2.16. The van der Waals surface area contributed by atoms with Crippen molar-refractivity contribution in [3.63, 3.8) is 0 Å². The first kappa shape index (κ1) is 12.4. The van der Waals surface area contributed by atoms with E-state index in [0.717, 1.165) is 11.5 Å². The van der Waals surface area contributed by atoms with Gasteiger partial charge >= 0.3 is 0 Å². The molecule has 0 saturated carbocycles. The van der Waals surface area contributed by atoms with Crippen LogP contribution in [0.25, 0.3) is 0 Å². The van der Waals surface area contributed by atoms with Gasteiger partial charge in [-0.1, -0.05) is 12.1 Å². The molecule has 0 bridgehead atoms. The van der Waals surface area contributed by atoms with Gasteiger partial charge in [-0.3, -0.25) is 0 Å². The smallest absolute Gasteiger partial charge is 0.121 e. The molecule has 1 N–H and O–H groups in total. The van der Waals surface area contributed by atoms with Gasteiger partial charge in [0.2, 0.25) is 0 Å². The van der Waals surface area contributed by atoms with Crippen molar-refractivity contribution in [2.75, 3.05) is 26.2 Å². The molecule has 0 radical (unpaired) electrons. The number of aryl methyl sites for hydroxylation is 1. The average Bonchev–Trinajstić information content (AvgIpc) is 2.25. The molecule has 1 aromatic carbocycles. The van der Waals surface area contributed by atoms with Crippen LogP contribution in [0.5, 0.6) is 5.75 Å². The molecule has 84 valence electrons. The summed E-state index contributed by atoms with van der Waals surface area (Å²) in [6.07, 6.45) is 2.13. The first-order valence-electron chi connectivity index (χ1n) is 5.03. The molecule has 0 aliphatic rings. The van der Waals surface area contributed by atoms with Gasteiger partial charge in [0.1, 0.15) is 5.75 Å². The summed E-state index contributed by atoms with van der Waals surface area (Å²) in [6.45, 7) is 2.08. The van der Waals surface area contributed by atoms with Gasteiger partial charge < -0.3 is 10.1 Å². The van der Waals surface area contributed by atoms with Crippen LogP contribution < -0.4 is 10.1 Å². The SMILES string of the molecule is CNC(CSC)c1ccc(OC)c(C)c1. The van der Waals surface area contributed by atoms with E-state index in [4.69, 9.17) is 4.74 Å². The maximum Gasteiger partial charge on any atom is 0.121 e. The minimum Gasteiger partial charge on any atom is -0.496 e. The number of benzene rings is 1. The number of ether oxygens (including phenoxy) is 1. The van der Waals surface area contributed by atoms with Crippen LogP contribution in [0.3, 0.4) is 0 Å². The fourth-order valence-corrected chi connectivity index (χ4v) is 2.32. The number of hydrogen-bond donors (Lipinski definition) is 1. The van der Waals surface area contributed by atoms with Crippen molar-refractivity contribution in [3.8, 4) is 5.75 Å². The normalized spacial score (nSPS) is 12.5. The van der Waals surface area contributed by atoms with Gasteiger partial charge in [-0.25, -0.2) is 0 Å². The topological polar surface area (TPSA) is 21.3 Å². The zero-order valence-corrected chi connectivity index (χ0v) is 10.6. The molecule has 1 aromatic rings. The highest BCUT2D eigenvalue weighted by molar-refractivity contribution is 7.98. The lowest BCUT2D eigenvalue weighted by molar-refractivity contribution is 0.411. The summed E-state index contributed by atoms with van der Waals surface area (Å²) in [5.74, 6) is 2.04. The Bertz CT molecular complexity index is 314. The minimum absolute atomic E-state index is 0.421. The average molecular weight is 225 g/mol. The van der Waals surface area contributed by atoms with Gasteiger partial charge in [0.15, 0.2) is 0 Å². The Kier molecular flexibility index (Phi) is 4.99. The third-order valence-electron chi connectivity index (χ3n) is 2.50. The fourth-order valence-electron chi connectivity index (χ4n) is 1.63. The van der Waals surface area contributed by atoms with Crippen LogP contribution in [-0.2, 0) is 0 Å². The largest absolute Gasteiger partial charge is 0.496 e. The Hall–Kier alpha value is -0.670. The van der Waals surface area contributed by atoms with Crippen LogP contribution in [0.4, 0.5) is 0 Å². The van der Waals surface area contributed by atoms with Crippen LogP contribution in [-0.4, -0.2) is 26.2 Å². The number of nitrogens with one attached hydrogen (secondary N) is 1. The summed E-state index contributed by atoms with van der Waals surface area (Å²) in [5, 5.41) is 3.32. The molecular weight excluding hydrogens is 206 g/mol. The number of rotatable bonds is 5. The van der Waals surface area contributed by atoms with Crippen LogP contribution in [0.2, 0.25) is 0 Å². The Morgan fingerprint density at radius 2 is 2.20 bits per heavy atom. The van der Waals surface area contributed by atoms with E-state index in [-0.39, 0.29) is 0 Å². The molecule has 2 nitrogen and oxygen atoms in total.